The minimum Gasteiger partial charge on any atom is -0.354 e. The fraction of sp³-hybridized carbons (Fsp3) is 0.346. The molecule has 2 heterocycles. The molecule has 0 aliphatic rings. The summed E-state index contributed by atoms with van der Waals surface area (Å²) in [6, 6.07) is 12.4. The number of para-hydroxylation sites is 1. The molecule has 0 saturated heterocycles. The van der Waals surface area contributed by atoms with E-state index in [4.69, 9.17) is 0 Å². The summed E-state index contributed by atoms with van der Waals surface area (Å²) < 4.78 is 3.67. The number of anilines is 1. The molecule has 0 fully saturated rings. The Kier molecular flexibility index (Phi) is 7.05. The summed E-state index contributed by atoms with van der Waals surface area (Å²) in [4.78, 5) is 51.7. The molecule has 10 nitrogen and oxygen atoms in total. The van der Waals surface area contributed by atoms with E-state index in [-0.39, 0.29) is 42.8 Å². The first-order valence-corrected chi connectivity index (χ1v) is 12.0. The maximum Gasteiger partial charge on any atom is 0.352 e. The van der Waals surface area contributed by atoms with E-state index >= 15 is 0 Å². The predicted molar refractivity (Wildman–Crippen MR) is 138 cm³/mol. The van der Waals surface area contributed by atoms with Crippen molar-refractivity contribution in [3.8, 4) is 0 Å². The molecule has 0 saturated carbocycles. The van der Waals surface area contributed by atoms with Gasteiger partial charge in [0.05, 0.1) is 10.9 Å². The van der Waals surface area contributed by atoms with Gasteiger partial charge < -0.3 is 10.6 Å². The van der Waals surface area contributed by atoms with Gasteiger partial charge in [0, 0.05) is 24.7 Å². The highest BCUT2D eigenvalue weighted by Crippen LogP contribution is 2.16. The lowest BCUT2D eigenvalue weighted by Gasteiger charge is -2.12. The normalized spacial score (nSPS) is 12.1. The Morgan fingerprint density at radius 1 is 1.06 bits per heavy atom. The molecule has 1 unspecified atom stereocenters. The monoisotopic (exact) mass is 490 g/mol. The fourth-order valence-corrected chi connectivity index (χ4v) is 4.11. The Morgan fingerprint density at radius 2 is 1.81 bits per heavy atom. The van der Waals surface area contributed by atoms with Crippen molar-refractivity contribution in [2.75, 3.05) is 5.32 Å². The van der Waals surface area contributed by atoms with Gasteiger partial charge in [0.25, 0.3) is 5.56 Å². The molecule has 2 N–H and O–H groups in total. The van der Waals surface area contributed by atoms with Crippen molar-refractivity contribution in [1.29, 1.82) is 0 Å². The van der Waals surface area contributed by atoms with Gasteiger partial charge in [-0.25, -0.2) is 13.9 Å². The molecule has 2 aromatic carbocycles. The van der Waals surface area contributed by atoms with Crippen molar-refractivity contribution >= 4 is 34.2 Å². The van der Waals surface area contributed by atoms with E-state index in [0.29, 0.717) is 16.6 Å². The summed E-state index contributed by atoms with van der Waals surface area (Å²) in [6.45, 7) is 7.44. The van der Waals surface area contributed by atoms with Crippen LogP contribution < -0.4 is 21.9 Å². The van der Waals surface area contributed by atoms with Crippen LogP contribution in [0.1, 0.15) is 37.8 Å². The lowest BCUT2D eigenvalue weighted by Crippen LogP contribution is -2.34. The standard InChI is InChI=1S/C26H30N6O4/c1-5-18(4)27-22(33)12-13-30-24(35)19-8-6-7-9-21(19)32-25(30)29-31(26(32)36)15-23(34)28-20-11-10-16(2)14-17(20)3/h6-11,14,18H,5,12-13,15H2,1-4H3,(H,27,33)(H,28,34). The maximum absolute atomic E-state index is 13.3. The number of nitrogens with one attached hydrogen (secondary N) is 2. The van der Waals surface area contributed by atoms with Crippen LogP contribution in [-0.2, 0) is 22.7 Å². The van der Waals surface area contributed by atoms with E-state index in [0.717, 1.165) is 22.2 Å². The molecule has 1 atom stereocenters. The predicted octanol–water partition coefficient (Wildman–Crippen LogP) is 2.37. The molecular weight excluding hydrogens is 460 g/mol. The van der Waals surface area contributed by atoms with Gasteiger partial charge >= 0.3 is 5.69 Å². The molecule has 0 radical (unpaired) electrons. The molecule has 4 rings (SSSR count). The van der Waals surface area contributed by atoms with Gasteiger partial charge in [-0.15, -0.1) is 5.10 Å². The molecule has 0 bridgehead atoms. The highest BCUT2D eigenvalue weighted by Gasteiger charge is 2.19. The second-order valence-corrected chi connectivity index (χ2v) is 9.04. The number of aryl methyl sites for hydroxylation is 3. The molecule has 36 heavy (non-hydrogen) atoms. The lowest BCUT2D eigenvalue weighted by molar-refractivity contribution is -0.122. The van der Waals surface area contributed by atoms with Crippen LogP contribution in [0.5, 0.6) is 0 Å². The topological polar surface area (TPSA) is 120 Å². The first-order chi connectivity index (χ1) is 17.2. The molecule has 4 aromatic rings. The average molecular weight is 491 g/mol. The van der Waals surface area contributed by atoms with Crippen molar-refractivity contribution in [2.45, 2.75) is 59.7 Å². The van der Waals surface area contributed by atoms with Crippen LogP contribution in [0.2, 0.25) is 0 Å². The number of carbonyl (C=O) groups excluding carboxylic acids is 2. The summed E-state index contributed by atoms with van der Waals surface area (Å²) in [5, 5.41) is 10.4. The number of aromatic nitrogens is 4. The van der Waals surface area contributed by atoms with E-state index in [1.807, 2.05) is 45.9 Å². The molecule has 0 aliphatic heterocycles. The van der Waals surface area contributed by atoms with Crippen LogP contribution >= 0.6 is 0 Å². The van der Waals surface area contributed by atoms with Gasteiger partial charge in [-0.2, -0.15) is 0 Å². The third-order valence-corrected chi connectivity index (χ3v) is 6.22. The molecule has 2 aromatic heterocycles. The van der Waals surface area contributed by atoms with E-state index in [1.54, 1.807) is 24.3 Å². The highest BCUT2D eigenvalue weighted by atomic mass is 16.2. The number of hydrogen-bond donors (Lipinski definition) is 2. The first kappa shape index (κ1) is 24.9. The number of hydrogen-bond acceptors (Lipinski definition) is 5. The zero-order valence-corrected chi connectivity index (χ0v) is 20.9. The molecule has 10 heteroatoms. The second-order valence-electron chi connectivity index (χ2n) is 9.04. The van der Waals surface area contributed by atoms with Crippen LogP contribution in [-0.4, -0.2) is 36.6 Å². The van der Waals surface area contributed by atoms with Gasteiger partial charge in [0.15, 0.2) is 0 Å². The zero-order chi connectivity index (χ0) is 26.0. The number of benzene rings is 2. The summed E-state index contributed by atoms with van der Waals surface area (Å²) in [6.07, 6.45) is 0.836. The van der Waals surface area contributed by atoms with Gasteiger partial charge in [-0.05, 0) is 51.0 Å². The minimum absolute atomic E-state index is 0.0170. The molecular formula is C26H30N6O4. The van der Waals surface area contributed by atoms with Crippen LogP contribution in [0.3, 0.4) is 0 Å². The van der Waals surface area contributed by atoms with E-state index < -0.39 is 11.6 Å². The average Bonchev–Trinajstić information content (AvgIpc) is 3.16. The Bertz CT molecular complexity index is 1580. The third-order valence-electron chi connectivity index (χ3n) is 6.22. The number of nitrogens with zero attached hydrogens (tertiary/aromatic N) is 4. The zero-order valence-electron chi connectivity index (χ0n) is 20.9. The summed E-state index contributed by atoms with van der Waals surface area (Å²) in [7, 11) is 0. The van der Waals surface area contributed by atoms with Crippen LogP contribution in [0.25, 0.3) is 16.7 Å². The first-order valence-electron chi connectivity index (χ1n) is 12.0. The summed E-state index contributed by atoms with van der Waals surface area (Å²) in [5.41, 5.74) is 2.12. The quantitative estimate of drug-likeness (QED) is 0.393. The van der Waals surface area contributed by atoms with E-state index in [2.05, 4.69) is 15.7 Å². The highest BCUT2D eigenvalue weighted by molar-refractivity contribution is 5.91. The Balaban J connectivity index is 1.71. The molecule has 2 amide bonds. The number of rotatable bonds is 8. The Morgan fingerprint density at radius 3 is 2.53 bits per heavy atom. The van der Waals surface area contributed by atoms with Crippen molar-refractivity contribution in [3.63, 3.8) is 0 Å². The summed E-state index contributed by atoms with van der Waals surface area (Å²) >= 11 is 0. The van der Waals surface area contributed by atoms with Gasteiger partial charge in [-0.3, -0.25) is 19.0 Å². The summed E-state index contributed by atoms with van der Waals surface area (Å²) in [5.74, 6) is -0.532. The van der Waals surface area contributed by atoms with Crippen LogP contribution in [0.4, 0.5) is 5.69 Å². The Hall–Kier alpha value is -4.21. The van der Waals surface area contributed by atoms with Crippen molar-refractivity contribution in [3.05, 3.63) is 74.4 Å². The molecule has 0 aliphatic carbocycles. The smallest absolute Gasteiger partial charge is 0.352 e. The number of amides is 2. The third kappa shape index (κ3) is 4.93. The van der Waals surface area contributed by atoms with Gasteiger partial charge in [-0.1, -0.05) is 36.8 Å². The van der Waals surface area contributed by atoms with Crippen LogP contribution in [0, 0.1) is 13.8 Å². The maximum atomic E-state index is 13.3. The van der Waals surface area contributed by atoms with Crippen molar-refractivity contribution in [2.24, 2.45) is 0 Å². The van der Waals surface area contributed by atoms with Gasteiger partial charge in [0.2, 0.25) is 17.6 Å². The van der Waals surface area contributed by atoms with E-state index in [1.165, 1.54) is 8.97 Å². The largest absolute Gasteiger partial charge is 0.354 e. The van der Waals surface area contributed by atoms with Crippen molar-refractivity contribution < 1.29 is 9.59 Å². The molecule has 188 valence electrons. The van der Waals surface area contributed by atoms with E-state index in [9.17, 15) is 19.2 Å². The SMILES string of the molecule is CCC(C)NC(=O)CCn1c(=O)c2ccccc2n2c(=O)n(CC(=O)Nc3ccc(C)cc3C)nc12. The molecule has 0 spiro atoms. The fourth-order valence-electron chi connectivity index (χ4n) is 4.11. The lowest BCUT2D eigenvalue weighted by atomic mass is 10.1. The van der Waals surface area contributed by atoms with Gasteiger partial charge in [0.1, 0.15) is 6.54 Å². The van der Waals surface area contributed by atoms with Crippen molar-refractivity contribution in [1.82, 2.24) is 24.1 Å². The number of fused-ring (bicyclic) bond motifs is 3. The second kappa shape index (κ2) is 10.2. The Labute approximate surface area is 207 Å². The number of carbonyl (C=O) groups is 2. The minimum atomic E-state index is -0.546. The van der Waals surface area contributed by atoms with Crippen LogP contribution in [0.15, 0.2) is 52.1 Å².